The highest BCUT2D eigenvalue weighted by atomic mass is 19.1. The first-order valence-corrected chi connectivity index (χ1v) is 8.14. The number of nitrogens with one attached hydrogen (secondary N) is 2. The third kappa shape index (κ3) is 2.83. The Hall–Kier alpha value is -3.48. The smallest absolute Gasteiger partial charge is 0.270 e. The van der Waals surface area contributed by atoms with Crippen molar-refractivity contribution >= 4 is 17.0 Å². The SMILES string of the molecule is Cc1ccccc1-n1c(NCc2cccc(F)c2)nc2[nH]ncc2c1=O. The number of benzene rings is 2. The highest BCUT2D eigenvalue weighted by molar-refractivity contribution is 5.75. The van der Waals surface area contributed by atoms with E-state index in [4.69, 9.17) is 0 Å². The molecule has 0 aliphatic carbocycles. The van der Waals surface area contributed by atoms with E-state index in [1.807, 2.05) is 31.2 Å². The lowest BCUT2D eigenvalue weighted by molar-refractivity contribution is 0.626. The summed E-state index contributed by atoms with van der Waals surface area (Å²) < 4.78 is 14.9. The molecule has 4 aromatic rings. The third-order valence-electron chi connectivity index (χ3n) is 4.18. The topological polar surface area (TPSA) is 75.6 Å². The van der Waals surface area contributed by atoms with E-state index in [-0.39, 0.29) is 11.4 Å². The van der Waals surface area contributed by atoms with Crippen LogP contribution < -0.4 is 10.9 Å². The molecular weight excluding hydrogens is 333 g/mol. The van der Waals surface area contributed by atoms with Gasteiger partial charge in [-0.1, -0.05) is 30.3 Å². The lowest BCUT2D eigenvalue weighted by Gasteiger charge is -2.15. The second-order valence-electron chi connectivity index (χ2n) is 5.98. The summed E-state index contributed by atoms with van der Waals surface area (Å²) in [7, 11) is 0. The average Bonchev–Trinajstić information content (AvgIpc) is 3.10. The van der Waals surface area contributed by atoms with Crippen molar-refractivity contribution in [3.63, 3.8) is 0 Å². The van der Waals surface area contributed by atoms with E-state index < -0.39 is 0 Å². The minimum Gasteiger partial charge on any atom is -0.351 e. The number of aromatic nitrogens is 4. The summed E-state index contributed by atoms with van der Waals surface area (Å²) in [6.07, 6.45) is 1.47. The van der Waals surface area contributed by atoms with E-state index in [1.165, 1.54) is 22.9 Å². The number of para-hydroxylation sites is 1. The Labute approximate surface area is 148 Å². The molecule has 26 heavy (non-hydrogen) atoms. The molecule has 130 valence electrons. The summed E-state index contributed by atoms with van der Waals surface area (Å²) in [5.74, 6) is 0.0582. The van der Waals surface area contributed by atoms with Crippen molar-refractivity contribution in [3.8, 4) is 5.69 Å². The summed E-state index contributed by atoms with van der Waals surface area (Å²) in [5, 5.41) is 10.2. The largest absolute Gasteiger partial charge is 0.351 e. The molecule has 0 aliphatic heterocycles. The lowest BCUT2D eigenvalue weighted by Crippen LogP contribution is -2.24. The molecule has 4 rings (SSSR count). The maximum absolute atomic E-state index is 13.4. The number of anilines is 1. The zero-order chi connectivity index (χ0) is 18.1. The number of nitrogens with zero attached hydrogens (tertiary/aromatic N) is 3. The number of hydrogen-bond donors (Lipinski definition) is 2. The fourth-order valence-corrected chi connectivity index (χ4v) is 2.88. The van der Waals surface area contributed by atoms with E-state index in [0.717, 1.165) is 16.8 Å². The van der Waals surface area contributed by atoms with Crippen LogP contribution in [0.1, 0.15) is 11.1 Å². The van der Waals surface area contributed by atoms with E-state index in [9.17, 15) is 9.18 Å². The van der Waals surface area contributed by atoms with E-state index in [0.29, 0.717) is 23.5 Å². The molecule has 0 bridgehead atoms. The number of aryl methyl sites for hydroxylation is 1. The van der Waals surface area contributed by atoms with Gasteiger partial charge in [0.2, 0.25) is 5.95 Å². The van der Waals surface area contributed by atoms with Crippen LogP contribution >= 0.6 is 0 Å². The van der Waals surface area contributed by atoms with Crippen molar-refractivity contribution in [1.82, 2.24) is 19.7 Å². The molecule has 0 aliphatic rings. The van der Waals surface area contributed by atoms with Gasteiger partial charge in [-0.15, -0.1) is 0 Å². The van der Waals surface area contributed by atoms with Gasteiger partial charge < -0.3 is 5.32 Å². The van der Waals surface area contributed by atoms with Crippen molar-refractivity contribution < 1.29 is 4.39 Å². The summed E-state index contributed by atoms with van der Waals surface area (Å²) >= 11 is 0. The van der Waals surface area contributed by atoms with E-state index in [2.05, 4.69) is 20.5 Å². The van der Waals surface area contributed by atoms with Crippen LogP contribution in [0, 0.1) is 12.7 Å². The minimum atomic E-state index is -0.308. The molecule has 2 heterocycles. The van der Waals surface area contributed by atoms with Crippen LogP contribution in [0.3, 0.4) is 0 Å². The Balaban J connectivity index is 1.83. The molecule has 2 N–H and O–H groups in total. The predicted molar refractivity (Wildman–Crippen MR) is 97.9 cm³/mol. The quantitative estimate of drug-likeness (QED) is 0.593. The van der Waals surface area contributed by atoms with Crippen LogP contribution in [0.15, 0.2) is 59.5 Å². The van der Waals surface area contributed by atoms with Gasteiger partial charge >= 0.3 is 0 Å². The monoisotopic (exact) mass is 349 g/mol. The second kappa shape index (κ2) is 6.44. The number of rotatable bonds is 4. The van der Waals surface area contributed by atoms with Crippen molar-refractivity contribution in [1.29, 1.82) is 0 Å². The van der Waals surface area contributed by atoms with Crippen molar-refractivity contribution in [3.05, 3.63) is 82.0 Å². The number of fused-ring (bicyclic) bond motifs is 1. The predicted octanol–water partition coefficient (Wildman–Crippen LogP) is 3.17. The highest BCUT2D eigenvalue weighted by Crippen LogP contribution is 2.18. The van der Waals surface area contributed by atoms with Crippen LogP contribution in [-0.4, -0.2) is 19.7 Å². The van der Waals surface area contributed by atoms with Crippen molar-refractivity contribution in [2.75, 3.05) is 5.32 Å². The normalized spacial score (nSPS) is 11.0. The molecule has 0 saturated heterocycles. The fourth-order valence-electron chi connectivity index (χ4n) is 2.88. The highest BCUT2D eigenvalue weighted by Gasteiger charge is 2.15. The molecule has 0 unspecified atom stereocenters. The first-order valence-electron chi connectivity index (χ1n) is 8.14. The molecule has 0 amide bonds. The summed E-state index contributed by atoms with van der Waals surface area (Å²) in [4.78, 5) is 17.5. The number of hydrogen-bond acceptors (Lipinski definition) is 4. The van der Waals surface area contributed by atoms with Crippen LogP contribution in [0.25, 0.3) is 16.7 Å². The number of halogens is 1. The zero-order valence-corrected chi connectivity index (χ0v) is 14.0. The van der Waals surface area contributed by atoms with Crippen LogP contribution in [0.5, 0.6) is 0 Å². The average molecular weight is 349 g/mol. The van der Waals surface area contributed by atoms with Crippen molar-refractivity contribution in [2.24, 2.45) is 0 Å². The summed E-state index contributed by atoms with van der Waals surface area (Å²) in [6, 6.07) is 13.8. The third-order valence-corrected chi connectivity index (χ3v) is 4.18. The standard InChI is InChI=1S/C19H16FN5O/c1-12-5-2-3-8-16(12)25-18(26)15-11-22-24-17(15)23-19(25)21-10-13-6-4-7-14(20)9-13/h2-9,11H,10H2,1H3,(H2,21,22,23,24). The Morgan fingerprint density at radius 2 is 2.04 bits per heavy atom. The Bertz CT molecular complexity index is 1150. The molecule has 0 atom stereocenters. The number of aromatic amines is 1. The molecule has 2 aromatic heterocycles. The Morgan fingerprint density at radius 1 is 1.19 bits per heavy atom. The van der Waals surface area contributed by atoms with Crippen LogP contribution in [-0.2, 0) is 6.54 Å². The van der Waals surface area contributed by atoms with Gasteiger partial charge in [-0.05, 0) is 36.2 Å². The van der Waals surface area contributed by atoms with Gasteiger partial charge in [-0.3, -0.25) is 9.89 Å². The first-order chi connectivity index (χ1) is 12.6. The first kappa shape index (κ1) is 16.0. The Morgan fingerprint density at radius 3 is 2.85 bits per heavy atom. The zero-order valence-electron chi connectivity index (χ0n) is 14.0. The van der Waals surface area contributed by atoms with Gasteiger partial charge in [-0.25, -0.2) is 8.96 Å². The van der Waals surface area contributed by atoms with Gasteiger partial charge in [0, 0.05) is 6.54 Å². The number of H-pyrrole nitrogens is 1. The van der Waals surface area contributed by atoms with Gasteiger partial charge in [0.25, 0.3) is 5.56 Å². The van der Waals surface area contributed by atoms with E-state index in [1.54, 1.807) is 12.1 Å². The molecule has 6 nitrogen and oxygen atoms in total. The molecular formula is C19H16FN5O. The maximum atomic E-state index is 13.4. The Kier molecular flexibility index (Phi) is 3.96. The minimum absolute atomic E-state index is 0.222. The van der Waals surface area contributed by atoms with Gasteiger partial charge in [0.1, 0.15) is 11.2 Å². The van der Waals surface area contributed by atoms with Gasteiger partial charge in [0.05, 0.1) is 11.9 Å². The van der Waals surface area contributed by atoms with Gasteiger partial charge in [-0.2, -0.15) is 10.1 Å². The van der Waals surface area contributed by atoms with Crippen LogP contribution in [0.2, 0.25) is 0 Å². The summed E-state index contributed by atoms with van der Waals surface area (Å²) in [5.41, 5.74) is 2.60. The molecule has 7 heteroatoms. The molecule has 0 spiro atoms. The molecule has 0 saturated carbocycles. The molecule has 0 radical (unpaired) electrons. The van der Waals surface area contributed by atoms with Crippen molar-refractivity contribution in [2.45, 2.75) is 13.5 Å². The second-order valence-corrected chi connectivity index (χ2v) is 5.98. The lowest BCUT2D eigenvalue weighted by atomic mass is 10.2. The maximum Gasteiger partial charge on any atom is 0.270 e. The van der Waals surface area contributed by atoms with Crippen LogP contribution in [0.4, 0.5) is 10.3 Å². The van der Waals surface area contributed by atoms with Gasteiger partial charge in [0.15, 0.2) is 5.65 Å². The van der Waals surface area contributed by atoms with E-state index >= 15 is 0 Å². The fraction of sp³-hybridized carbons (Fsp3) is 0.105. The summed E-state index contributed by atoms with van der Waals surface area (Å²) in [6.45, 7) is 2.26. The molecule has 2 aromatic carbocycles. The molecule has 0 fully saturated rings.